The Labute approximate surface area is 98.8 Å². The molecule has 0 spiro atoms. The van der Waals surface area contributed by atoms with E-state index in [1.54, 1.807) is 6.07 Å². The van der Waals surface area contributed by atoms with Gasteiger partial charge < -0.3 is 4.74 Å². The molecule has 0 unspecified atom stereocenters. The van der Waals surface area contributed by atoms with Crippen LogP contribution >= 0.6 is 0 Å². The quantitative estimate of drug-likeness (QED) is 0.788. The third-order valence-electron chi connectivity index (χ3n) is 2.09. The minimum Gasteiger partial charge on any atom is -0.388 e. The number of hydrogen-bond donors (Lipinski definition) is 0. The third kappa shape index (κ3) is 3.55. The number of pyridine rings is 1. The molecule has 0 aliphatic carbocycles. The van der Waals surface area contributed by atoms with Crippen LogP contribution in [-0.2, 0) is 6.42 Å². The van der Waals surface area contributed by atoms with Crippen molar-refractivity contribution in [1.82, 2.24) is 4.98 Å². The zero-order valence-electron chi connectivity index (χ0n) is 9.05. The van der Waals surface area contributed by atoms with Crippen LogP contribution in [0.1, 0.15) is 23.2 Å². The fourth-order valence-electron chi connectivity index (χ4n) is 1.30. The summed E-state index contributed by atoms with van der Waals surface area (Å²) in [5.74, 6) is -0.992. The standard InChI is InChI=1S/C10H7F5N2O/c1-5-6(9(11)12)4-8(18-10(13,14)15)17-7(5)2-3-16/h4,9H,2H2,1H3. The van der Waals surface area contributed by atoms with Crippen molar-refractivity contribution >= 4 is 0 Å². The lowest BCUT2D eigenvalue weighted by molar-refractivity contribution is -0.276. The van der Waals surface area contributed by atoms with Crippen molar-refractivity contribution in [1.29, 1.82) is 5.26 Å². The summed E-state index contributed by atoms with van der Waals surface area (Å²) in [6, 6.07) is 2.16. The van der Waals surface area contributed by atoms with Crippen LogP contribution in [0.2, 0.25) is 0 Å². The molecule has 0 saturated carbocycles. The second-order valence-electron chi connectivity index (χ2n) is 3.30. The molecule has 0 saturated heterocycles. The number of halogens is 5. The van der Waals surface area contributed by atoms with E-state index in [9.17, 15) is 22.0 Å². The Bertz CT molecular complexity index is 478. The van der Waals surface area contributed by atoms with Gasteiger partial charge in [-0.3, -0.25) is 0 Å². The largest absolute Gasteiger partial charge is 0.574 e. The van der Waals surface area contributed by atoms with E-state index in [-0.39, 0.29) is 17.7 Å². The molecule has 1 rings (SSSR count). The van der Waals surface area contributed by atoms with E-state index >= 15 is 0 Å². The van der Waals surface area contributed by atoms with Gasteiger partial charge in [0, 0.05) is 11.6 Å². The summed E-state index contributed by atoms with van der Waals surface area (Å²) in [4.78, 5) is 3.39. The molecule has 3 nitrogen and oxygen atoms in total. The predicted octanol–water partition coefficient (Wildman–Crippen LogP) is 3.29. The molecule has 1 aromatic rings. The molecule has 18 heavy (non-hydrogen) atoms. The van der Waals surface area contributed by atoms with Crippen LogP contribution < -0.4 is 4.74 Å². The van der Waals surface area contributed by atoms with Gasteiger partial charge in [-0.05, 0) is 12.5 Å². The maximum atomic E-state index is 12.6. The highest BCUT2D eigenvalue weighted by Crippen LogP contribution is 2.30. The van der Waals surface area contributed by atoms with Gasteiger partial charge in [-0.2, -0.15) is 5.26 Å². The van der Waals surface area contributed by atoms with Crippen LogP contribution in [0.5, 0.6) is 5.88 Å². The topological polar surface area (TPSA) is 45.9 Å². The molecule has 98 valence electrons. The fourth-order valence-corrected chi connectivity index (χ4v) is 1.30. The summed E-state index contributed by atoms with van der Waals surface area (Å²) < 4.78 is 64.6. The molecule has 0 amide bonds. The van der Waals surface area contributed by atoms with Crippen LogP contribution in [0.4, 0.5) is 22.0 Å². The monoisotopic (exact) mass is 266 g/mol. The molecule has 1 aromatic heterocycles. The van der Waals surface area contributed by atoms with Crippen LogP contribution in [0.25, 0.3) is 0 Å². The lowest BCUT2D eigenvalue weighted by atomic mass is 10.1. The molecular formula is C10H7F5N2O. The van der Waals surface area contributed by atoms with Gasteiger partial charge in [-0.15, -0.1) is 13.2 Å². The van der Waals surface area contributed by atoms with Gasteiger partial charge in [0.15, 0.2) is 0 Å². The summed E-state index contributed by atoms with van der Waals surface area (Å²) in [6.07, 6.45) is -8.37. The normalized spacial score (nSPS) is 11.4. The lowest BCUT2D eigenvalue weighted by Gasteiger charge is -2.13. The zero-order chi connectivity index (χ0) is 13.9. The number of rotatable bonds is 3. The molecule has 1 heterocycles. The second-order valence-corrected chi connectivity index (χ2v) is 3.30. The first-order valence-corrected chi connectivity index (χ1v) is 4.66. The Morgan fingerprint density at radius 1 is 1.44 bits per heavy atom. The Morgan fingerprint density at radius 2 is 2.06 bits per heavy atom. The van der Waals surface area contributed by atoms with E-state index in [1.165, 1.54) is 6.92 Å². The Hall–Kier alpha value is -1.91. The van der Waals surface area contributed by atoms with Gasteiger partial charge in [0.05, 0.1) is 18.2 Å². The number of aromatic nitrogens is 1. The van der Waals surface area contributed by atoms with Crippen molar-refractivity contribution in [3.05, 3.63) is 22.9 Å². The van der Waals surface area contributed by atoms with E-state index in [0.717, 1.165) is 0 Å². The number of nitrogens with zero attached hydrogens (tertiary/aromatic N) is 2. The molecule has 8 heteroatoms. The number of alkyl halides is 5. The van der Waals surface area contributed by atoms with Gasteiger partial charge in [0.1, 0.15) is 0 Å². The Morgan fingerprint density at radius 3 is 2.50 bits per heavy atom. The highest BCUT2D eigenvalue weighted by atomic mass is 19.4. The highest BCUT2D eigenvalue weighted by Gasteiger charge is 2.32. The fraction of sp³-hybridized carbons (Fsp3) is 0.400. The molecule has 0 aliphatic heterocycles. The summed E-state index contributed by atoms with van der Waals surface area (Å²) in [5, 5.41) is 8.46. The summed E-state index contributed by atoms with van der Waals surface area (Å²) in [7, 11) is 0. The van der Waals surface area contributed by atoms with Crippen LogP contribution in [0, 0.1) is 18.3 Å². The van der Waals surface area contributed by atoms with E-state index in [0.29, 0.717) is 6.07 Å². The summed E-state index contributed by atoms with van der Waals surface area (Å²) in [6.45, 7) is 1.26. The highest BCUT2D eigenvalue weighted by molar-refractivity contribution is 5.36. The lowest BCUT2D eigenvalue weighted by Crippen LogP contribution is -2.19. The van der Waals surface area contributed by atoms with Crippen LogP contribution in [0.3, 0.4) is 0 Å². The van der Waals surface area contributed by atoms with E-state index in [2.05, 4.69) is 9.72 Å². The molecular weight excluding hydrogens is 259 g/mol. The Balaban J connectivity index is 3.25. The molecule has 0 bridgehead atoms. The first-order valence-electron chi connectivity index (χ1n) is 4.66. The van der Waals surface area contributed by atoms with Gasteiger partial charge in [-0.25, -0.2) is 13.8 Å². The second kappa shape index (κ2) is 5.16. The van der Waals surface area contributed by atoms with E-state index < -0.39 is 24.2 Å². The number of hydrogen-bond acceptors (Lipinski definition) is 3. The predicted molar refractivity (Wildman–Crippen MR) is 49.9 cm³/mol. The first-order chi connectivity index (χ1) is 8.24. The molecule has 0 fully saturated rings. The van der Waals surface area contributed by atoms with Gasteiger partial charge in [0.2, 0.25) is 5.88 Å². The van der Waals surface area contributed by atoms with Crippen molar-refractivity contribution in [3.63, 3.8) is 0 Å². The minimum atomic E-state index is -5.02. The zero-order valence-corrected chi connectivity index (χ0v) is 9.05. The molecule has 0 atom stereocenters. The minimum absolute atomic E-state index is 0.0129. The SMILES string of the molecule is Cc1c(C(F)F)cc(OC(F)(F)F)nc1CC#N. The van der Waals surface area contributed by atoms with Gasteiger partial charge in [-0.1, -0.05) is 0 Å². The van der Waals surface area contributed by atoms with Crippen molar-refractivity contribution < 1.29 is 26.7 Å². The maximum Gasteiger partial charge on any atom is 0.574 e. The van der Waals surface area contributed by atoms with Crippen LogP contribution in [-0.4, -0.2) is 11.3 Å². The van der Waals surface area contributed by atoms with E-state index in [1.807, 2.05) is 0 Å². The van der Waals surface area contributed by atoms with Crippen molar-refractivity contribution in [2.24, 2.45) is 0 Å². The summed E-state index contributed by atoms with van der Waals surface area (Å²) in [5.41, 5.74) is -0.801. The maximum absolute atomic E-state index is 12.6. The summed E-state index contributed by atoms with van der Waals surface area (Å²) >= 11 is 0. The van der Waals surface area contributed by atoms with Crippen molar-refractivity contribution in [2.75, 3.05) is 0 Å². The smallest absolute Gasteiger partial charge is 0.388 e. The Kier molecular flexibility index (Phi) is 4.06. The number of nitriles is 1. The number of ether oxygens (including phenoxy) is 1. The molecule has 0 radical (unpaired) electrons. The van der Waals surface area contributed by atoms with Gasteiger partial charge >= 0.3 is 6.36 Å². The molecule has 0 aliphatic rings. The van der Waals surface area contributed by atoms with Crippen molar-refractivity contribution in [3.8, 4) is 11.9 Å². The first kappa shape index (κ1) is 14.2. The molecule has 0 aromatic carbocycles. The third-order valence-corrected chi connectivity index (χ3v) is 2.09. The van der Waals surface area contributed by atoms with Crippen molar-refractivity contribution in [2.45, 2.75) is 26.1 Å². The average Bonchev–Trinajstić information content (AvgIpc) is 2.20. The van der Waals surface area contributed by atoms with Crippen LogP contribution in [0.15, 0.2) is 6.07 Å². The van der Waals surface area contributed by atoms with E-state index in [4.69, 9.17) is 5.26 Å². The molecule has 0 N–H and O–H groups in total. The average molecular weight is 266 g/mol. The van der Waals surface area contributed by atoms with Gasteiger partial charge in [0.25, 0.3) is 6.43 Å².